The fourth-order valence-corrected chi connectivity index (χ4v) is 6.67. The Morgan fingerprint density at radius 2 is 1.08 bits per heavy atom. The minimum atomic E-state index is -0.0923. The number of rotatable bonds is 2. The van der Waals surface area contributed by atoms with Gasteiger partial charge in [0.2, 0.25) is 0 Å². The highest BCUT2D eigenvalue weighted by atomic mass is 79.9. The Bertz CT molecular complexity index is 1030. The summed E-state index contributed by atoms with van der Waals surface area (Å²) in [6.45, 7) is 3.95. The van der Waals surface area contributed by atoms with E-state index in [9.17, 15) is 9.59 Å². The van der Waals surface area contributed by atoms with Crippen molar-refractivity contribution < 1.29 is 9.59 Å². The summed E-state index contributed by atoms with van der Waals surface area (Å²) in [6, 6.07) is 10.9. The highest BCUT2D eigenvalue weighted by Gasteiger charge is 2.35. The average Bonchev–Trinajstić information content (AvgIpc) is 3.11. The maximum Gasteiger partial charge on any atom is 0.195 e. The summed E-state index contributed by atoms with van der Waals surface area (Å²) < 4.78 is 1.89. The Labute approximate surface area is 175 Å². The van der Waals surface area contributed by atoms with Crippen molar-refractivity contribution in [2.24, 2.45) is 0 Å². The van der Waals surface area contributed by atoms with Crippen molar-refractivity contribution in [1.82, 2.24) is 0 Å². The maximum atomic E-state index is 13.4. The van der Waals surface area contributed by atoms with Crippen LogP contribution in [0.2, 0.25) is 0 Å². The molecule has 0 saturated carbocycles. The molecule has 1 aliphatic rings. The molecule has 2 heterocycles. The Morgan fingerprint density at radius 3 is 1.38 bits per heavy atom. The van der Waals surface area contributed by atoms with Gasteiger partial charge in [-0.3, -0.25) is 9.59 Å². The van der Waals surface area contributed by atoms with Gasteiger partial charge in [-0.05, 0) is 57.8 Å². The van der Waals surface area contributed by atoms with Gasteiger partial charge in [-0.2, -0.15) is 0 Å². The molecule has 0 saturated heterocycles. The lowest BCUT2D eigenvalue weighted by atomic mass is 9.79. The number of carbonyl (C=O) groups is 2. The predicted octanol–water partition coefficient (Wildman–Crippen LogP) is 6.94. The average molecular weight is 508 g/mol. The Morgan fingerprint density at radius 1 is 0.692 bits per heavy atom. The summed E-state index contributed by atoms with van der Waals surface area (Å²) in [7, 11) is 0. The molecule has 0 N–H and O–H groups in total. The second kappa shape index (κ2) is 6.68. The largest absolute Gasteiger partial charge is 0.289 e. The van der Waals surface area contributed by atoms with Crippen molar-refractivity contribution in [2.75, 3.05) is 0 Å². The van der Waals surface area contributed by atoms with Gasteiger partial charge in [0, 0.05) is 43.2 Å². The molecular weight excluding hydrogens is 496 g/mol. The van der Waals surface area contributed by atoms with Crippen LogP contribution >= 0.6 is 54.5 Å². The van der Waals surface area contributed by atoms with Crippen LogP contribution in [0, 0.1) is 13.8 Å². The molecule has 130 valence electrons. The minimum absolute atomic E-state index is 0.0923. The monoisotopic (exact) mass is 506 g/mol. The normalized spacial score (nSPS) is 14.2. The van der Waals surface area contributed by atoms with E-state index in [1.165, 1.54) is 0 Å². The van der Waals surface area contributed by atoms with E-state index in [0.717, 1.165) is 28.5 Å². The molecule has 1 aromatic carbocycles. The summed E-state index contributed by atoms with van der Waals surface area (Å²) in [5.74, 6) is -0.185. The number of fused-ring (bicyclic) bond motifs is 1. The molecule has 3 aromatic rings. The summed E-state index contributed by atoms with van der Waals surface area (Å²) in [6.07, 6.45) is 0. The van der Waals surface area contributed by atoms with Gasteiger partial charge < -0.3 is 0 Å². The number of hydrogen-bond acceptors (Lipinski definition) is 4. The van der Waals surface area contributed by atoms with Crippen LogP contribution in [-0.4, -0.2) is 11.6 Å². The summed E-state index contributed by atoms with van der Waals surface area (Å²) in [5.41, 5.74) is 3.61. The van der Waals surface area contributed by atoms with Crippen LogP contribution in [0.5, 0.6) is 0 Å². The molecular formula is C20H12Br2O2S2. The first-order valence-corrected chi connectivity index (χ1v) is 11.1. The van der Waals surface area contributed by atoms with Gasteiger partial charge in [0.1, 0.15) is 0 Å². The third kappa shape index (κ3) is 2.80. The Kier molecular flexibility index (Phi) is 4.63. The van der Waals surface area contributed by atoms with Crippen LogP contribution < -0.4 is 0 Å². The van der Waals surface area contributed by atoms with Gasteiger partial charge in [0.05, 0.1) is 7.57 Å². The molecule has 0 unspecified atom stereocenters. The van der Waals surface area contributed by atoms with Gasteiger partial charge in [-0.1, -0.05) is 24.3 Å². The van der Waals surface area contributed by atoms with Crippen LogP contribution in [0.1, 0.15) is 41.6 Å². The molecule has 2 nitrogen and oxygen atoms in total. The van der Waals surface area contributed by atoms with Gasteiger partial charge in [0.25, 0.3) is 0 Å². The molecule has 26 heavy (non-hydrogen) atoms. The fourth-order valence-electron chi connectivity index (χ4n) is 3.28. The van der Waals surface area contributed by atoms with Crippen LogP contribution in [0.15, 0.2) is 44.0 Å². The number of hydrogen-bond donors (Lipinski definition) is 0. The third-order valence-corrected chi connectivity index (χ3v) is 7.54. The molecule has 0 fully saturated rings. The molecule has 0 atom stereocenters. The molecule has 0 radical (unpaired) electrons. The standard InChI is InChI=1S/C20H12Br2O2S2/c1-9-13(7-15(21)25-9)17-18(14-8-16(22)26-10(14)2)20(24)12-6-4-3-5-11(12)19(17)23/h3-8H,1-2H3. The van der Waals surface area contributed by atoms with E-state index >= 15 is 0 Å². The minimum Gasteiger partial charge on any atom is -0.289 e. The zero-order valence-electron chi connectivity index (χ0n) is 13.9. The van der Waals surface area contributed by atoms with E-state index in [-0.39, 0.29) is 11.6 Å². The van der Waals surface area contributed by atoms with Crippen molar-refractivity contribution in [3.05, 3.63) is 76.0 Å². The van der Waals surface area contributed by atoms with Crippen molar-refractivity contribution in [3.8, 4) is 0 Å². The molecule has 6 heteroatoms. The van der Waals surface area contributed by atoms with Crippen molar-refractivity contribution in [1.29, 1.82) is 0 Å². The zero-order valence-corrected chi connectivity index (χ0v) is 18.7. The highest BCUT2D eigenvalue weighted by molar-refractivity contribution is 9.11. The molecule has 0 aliphatic heterocycles. The number of Topliss-reactive ketones (excluding diaryl/α,β-unsaturated/α-hetero) is 2. The number of ketones is 2. The van der Waals surface area contributed by atoms with Crippen molar-refractivity contribution in [2.45, 2.75) is 13.8 Å². The number of carbonyl (C=O) groups excluding carboxylic acids is 2. The SMILES string of the molecule is Cc1sc(Br)cc1C1=C(c2cc(Br)sc2C)C(=O)c2ccccc2C1=O. The first-order chi connectivity index (χ1) is 12.4. The maximum absolute atomic E-state index is 13.4. The van der Waals surface area contributed by atoms with E-state index in [1.807, 2.05) is 26.0 Å². The number of thiophene rings is 2. The van der Waals surface area contributed by atoms with Crippen LogP contribution in [0.4, 0.5) is 0 Å². The van der Waals surface area contributed by atoms with Crippen LogP contribution in [0.25, 0.3) is 11.1 Å². The van der Waals surface area contributed by atoms with E-state index in [1.54, 1.807) is 46.9 Å². The lowest BCUT2D eigenvalue weighted by molar-refractivity contribution is 0.101. The summed E-state index contributed by atoms with van der Waals surface area (Å²) in [5, 5.41) is 0. The molecule has 0 bridgehead atoms. The fraction of sp³-hybridized carbons (Fsp3) is 0.100. The Balaban J connectivity index is 2.10. The number of allylic oxidation sites excluding steroid dienone is 2. The molecule has 0 spiro atoms. The first-order valence-electron chi connectivity index (χ1n) is 7.83. The topological polar surface area (TPSA) is 34.1 Å². The summed E-state index contributed by atoms with van der Waals surface area (Å²) in [4.78, 5) is 28.8. The Hall–Kier alpha value is -1.34. The smallest absolute Gasteiger partial charge is 0.195 e. The number of halogens is 2. The quantitative estimate of drug-likeness (QED) is 0.376. The van der Waals surface area contributed by atoms with Gasteiger partial charge in [-0.15, -0.1) is 22.7 Å². The van der Waals surface area contributed by atoms with E-state index in [2.05, 4.69) is 31.9 Å². The summed E-state index contributed by atoms with van der Waals surface area (Å²) >= 11 is 10.1. The zero-order chi connectivity index (χ0) is 18.6. The first kappa shape index (κ1) is 18.0. The van der Waals surface area contributed by atoms with Crippen molar-refractivity contribution >= 4 is 77.2 Å². The molecule has 0 amide bonds. The lowest BCUT2D eigenvalue weighted by Crippen LogP contribution is -2.20. The molecule has 2 aromatic heterocycles. The second-order valence-corrected chi connectivity index (χ2v) is 11.3. The van der Waals surface area contributed by atoms with Gasteiger partial charge >= 0.3 is 0 Å². The van der Waals surface area contributed by atoms with Gasteiger partial charge in [-0.25, -0.2) is 0 Å². The van der Waals surface area contributed by atoms with E-state index in [0.29, 0.717) is 22.3 Å². The third-order valence-electron chi connectivity index (χ3n) is 4.43. The molecule has 4 rings (SSSR count). The lowest BCUT2D eigenvalue weighted by Gasteiger charge is -2.21. The van der Waals surface area contributed by atoms with E-state index in [4.69, 9.17) is 0 Å². The highest BCUT2D eigenvalue weighted by Crippen LogP contribution is 2.44. The van der Waals surface area contributed by atoms with Crippen LogP contribution in [0.3, 0.4) is 0 Å². The molecule has 1 aliphatic carbocycles. The van der Waals surface area contributed by atoms with E-state index < -0.39 is 0 Å². The second-order valence-electron chi connectivity index (χ2n) is 5.99. The number of benzene rings is 1. The number of aryl methyl sites for hydroxylation is 2. The van der Waals surface area contributed by atoms with Gasteiger partial charge in [0.15, 0.2) is 11.6 Å². The van der Waals surface area contributed by atoms with Crippen LogP contribution in [-0.2, 0) is 0 Å². The predicted molar refractivity (Wildman–Crippen MR) is 115 cm³/mol. The van der Waals surface area contributed by atoms with Crippen molar-refractivity contribution in [3.63, 3.8) is 0 Å².